The number of nitrogens with two attached hydrogens (primary N) is 1. The van der Waals surface area contributed by atoms with E-state index in [1.807, 2.05) is 0 Å². The Morgan fingerprint density at radius 3 is 2.38 bits per heavy atom. The molecular formula is C14H12N4O5S. The molecule has 0 unspecified atom stereocenters. The zero-order chi connectivity index (χ0) is 17.7. The number of nitrogens with zero attached hydrogens (tertiary/aromatic N) is 2. The third kappa shape index (κ3) is 4.21. The topological polar surface area (TPSA) is 145 Å². The lowest BCUT2D eigenvalue weighted by molar-refractivity contribution is -0.384. The predicted molar refractivity (Wildman–Crippen MR) is 86.0 cm³/mol. The molecule has 0 fully saturated rings. The molecule has 0 bridgehead atoms. The standard InChI is InChI=1S/C14H12N4O5S/c15-24(22,23)13-4-2-1-3-12(13)14(19)17-16-9-10-5-7-11(8-6-10)18(20)21/h1-9H,(H,17,19)(H2,15,22,23)/b16-9+. The number of hydrogen-bond donors (Lipinski definition) is 2. The summed E-state index contributed by atoms with van der Waals surface area (Å²) in [5.74, 6) is -0.752. The first-order valence-corrected chi connectivity index (χ1v) is 8.03. The van der Waals surface area contributed by atoms with Crippen molar-refractivity contribution in [2.75, 3.05) is 0 Å². The maximum absolute atomic E-state index is 12.0. The van der Waals surface area contributed by atoms with Gasteiger partial charge in [-0.3, -0.25) is 14.9 Å². The molecule has 9 nitrogen and oxygen atoms in total. The number of rotatable bonds is 5. The van der Waals surface area contributed by atoms with Crippen molar-refractivity contribution >= 4 is 27.8 Å². The van der Waals surface area contributed by atoms with Crippen molar-refractivity contribution in [3.63, 3.8) is 0 Å². The molecule has 2 aromatic rings. The van der Waals surface area contributed by atoms with Gasteiger partial charge < -0.3 is 0 Å². The van der Waals surface area contributed by atoms with Gasteiger partial charge in [-0.05, 0) is 29.8 Å². The lowest BCUT2D eigenvalue weighted by Gasteiger charge is -2.05. The number of nitro groups is 1. The van der Waals surface area contributed by atoms with Crippen molar-refractivity contribution < 1.29 is 18.1 Å². The summed E-state index contributed by atoms with van der Waals surface area (Å²) in [6, 6.07) is 10.9. The monoisotopic (exact) mass is 348 g/mol. The second-order valence-electron chi connectivity index (χ2n) is 4.59. The highest BCUT2D eigenvalue weighted by Gasteiger charge is 2.18. The fraction of sp³-hybridized carbons (Fsp3) is 0. The number of nitro benzene ring substituents is 1. The van der Waals surface area contributed by atoms with Crippen molar-refractivity contribution in [3.05, 3.63) is 69.8 Å². The van der Waals surface area contributed by atoms with E-state index < -0.39 is 20.9 Å². The molecule has 0 aliphatic rings. The number of amides is 1. The molecule has 0 spiro atoms. The summed E-state index contributed by atoms with van der Waals surface area (Å²) in [6.45, 7) is 0. The molecule has 0 saturated heterocycles. The van der Waals surface area contributed by atoms with Crippen molar-refractivity contribution in [1.82, 2.24) is 5.43 Å². The van der Waals surface area contributed by atoms with E-state index in [4.69, 9.17) is 5.14 Å². The molecule has 10 heteroatoms. The Kier molecular flexibility index (Phi) is 5.02. The summed E-state index contributed by atoms with van der Waals surface area (Å²) in [4.78, 5) is 21.7. The van der Waals surface area contributed by atoms with Gasteiger partial charge in [-0.15, -0.1) is 0 Å². The van der Waals surface area contributed by atoms with Gasteiger partial charge in [0.1, 0.15) is 0 Å². The van der Waals surface area contributed by atoms with Gasteiger partial charge in [0.25, 0.3) is 11.6 Å². The Labute approximate surface area is 137 Å². The van der Waals surface area contributed by atoms with E-state index in [0.29, 0.717) is 5.56 Å². The molecule has 0 atom stereocenters. The number of carbonyl (C=O) groups is 1. The highest BCUT2D eigenvalue weighted by atomic mass is 32.2. The largest absolute Gasteiger partial charge is 0.272 e. The average Bonchev–Trinajstić information content (AvgIpc) is 2.54. The van der Waals surface area contributed by atoms with Crippen LogP contribution < -0.4 is 10.6 Å². The molecule has 3 N–H and O–H groups in total. The van der Waals surface area contributed by atoms with Gasteiger partial charge in [-0.25, -0.2) is 19.0 Å². The number of sulfonamides is 1. The number of benzene rings is 2. The molecule has 2 rings (SSSR count). The third-order valence-corrected chi connectivity index (χ3v) is 3.89. The molecule has 0 aliphatic heterocycles. The first-order chi connectivity index (χ1) is 11.3. The molecule has 0 aromatic heterocycles. The minimum atomic E-state index is -4.05. The average molecular weight is 348 g/mol. The second kappa shape index (κ2) is 6.98. The minimum Gasteiger partial charge on any atom is -0.267 e. The Balaban J connectivity index is 2.12. The smallest absolute Gasteiger partial charge is 0.267 e. The number of nitrogens with one attached hydrogen (secondary N) is 1. The quantitative estimate of drug-likeness (QED) is 0.470. The number of primary sulfonamides is 1. The van der Waals surface area contributed by atoms with Crippen LogP contribution in [-0.2, 0) is 10.0 Å². The molecular weight excluding hydrogens is 336 g/mol. The van der Waals surface area contributed by atoms with Crippen LogP contribution in [0.15, 0.2) is 58.5 Å². The highest BCUT2D eigenvalue weighted by molar-refractivity contribution is 7.89. The normalized spacial score (nSPS) is 11.4. The molecule has 0 radical (unpaired) electrons. The van der Waals surface area contributed by atoms with Crippen molar-refractivity contribution in [1.29, 1.82) is 0 Å². The summed E-state index contributed by atoms with van der Waals surface area (Å²) >= 11 is 0. The maximum atomic E-state index is 12.0. The fourth-order valence-corrected chi connectivity index (χ4v) is 2.55. The van der Waals surface area contributed by atoms with E-state index >= 15 is 0 Å². The predicted octanol–water partition coefficient (Wildman–Crippen LogP) is 1.01. The molecule has 0 heterocycles. The van der Waals surface area contributed by atoms with Gasteiger partial charge in [-0.2, -0.15) is 5.10 Å². The molecule has 2 aromatic carbocycles. The van der Waals surface area contributed by atoms with Crippen LogP contribution in [0.2, 0.25) is 0 Å². The summed E-state index contributed by atoms with van der Waals surface area (Å²) in [6.07, 6.45) is 1.27. The Bertz CT molecular complexity index is 907. The Hall–Kier alpha value is -3.11. The van der Waals surface area contributed by atoms with Crippen LogP contribution in [0.5, 0.6) is 0 Å². The van der Waals surface area contributed by atoms with Gasteiger partial charge in [0.05, 0.1) is 21.6 Å². The molecule has 0 saturated carbocycles. The van der Waals surface area contributed by atoms with Crippen LogP contribution in [0.4, 0.5) is 5.69 Å². The van der Waals surface area contributed by atoms with E-state index in [1.165, 1.54) is 54.7 Å². The van der Waals surface area contributed by atoms with Crippen molar-refractivity contribution in [3.8, 4) is 0 Å². The van der Waals surface area contributed by atoms with E-state index in [-0.39, 0.29) is 16.1 Å². The van der Waals surface area contributed by atoms with Crippen LogP contribution in [0, 0.1) is 10.1 Å². The number of non-ortho nitro benzene ring substituents is 1. The first-order valence-electron chi connectivity index (χ1n) is 6.49. The van der Waals surface area contributed by atoms with Gasteiger partial charge in [0.2, 0.25) is 10.0 Å². The second-order valence-corrected chi connectivity index (χ2v) is 6.12. The molecule has 0 aliphatic carbocycles. The van der Waals surface area contributed by atoms with Crippen molar-refractivity contribution in [2.24, 2.45) is 10.2 Å². The summed E-state index contributed by atoms with van der Waals surface area (Å²) in [5.41, 5.74) is 2.48. The Morgan fingerprint density at radius 2 is 1.79 bits per heavy atom. The fourth-order valence-electron chi connectivity index (χ4n) is 1.81. The zero-order valence-electron chi connectivity index (χ0n) is 12.1. The van der Waals surface area contributed by atoms with Gasteiger partial charge in [-0.1, -0.05) is 12.1 Å². The number of hydrazone groups is 1. The van der Waals surface area contributed by atoms with E-state index in [0.717, 1.165) is 0 Å². The maximum Gasteiger partial charge on any atom is 0.272 e. The van der Waals surface area contributed by atoms with E-state index in [2.05, 4.69) is 10.5 Å². The van der Waals surface area contributed by atoms with Crippen LogP contribution in [0.25, 0.3) is 0 Å². The van der Waals surface area contributed by atoms with E-state index in [1.54, 1.807) is 0 Å². The lowest BCUT2D eigenvalue weighted by Crippen LogP contribution is -2.23. The van der Waals surface area contributed by atoms with Crippen LogP contribution in [-0.4, -0.2) is 25.5 Å². The lowest BCUT2D eigenvalue weighted by atomic mass is 10.2. The summed E-state index contributed by atoms with van der Waals surface area (Å²) in [5, 5.41) is 19.3. The van der Waals surface area contributed by atoms with E-state index in [9.17, 15) is 23.3 Å². The van der Waals surface area contributed by atoms with Gasteiger partial charge in [0.15, 0.2) is 0 Å². The Morgan fingerprint density at radius 1 is 1.17 bits per heavy atom. The number of hydrogen-bond acceptors (Lipinski definition) is 6. The number of carbonyl (C=O) groups excluding carboxylic acids is 1. The third-order valence-electron chi connectivity index (χ3n) is 2.92. The van der Waals surface area contributed by atoms with Crippen LogP contribution in [0.1, 0.15) is 15.9 Å². The molecule has 124 valence electrons. The van der Waals surface area contributed by atoms with Crippen LogP contribution in [0.3, 0.4) is 0 Å². The highest BCUT2D eigenvalue weighted by Crippen LogP contribution is 2.13. The van der Waals surface area contributed by atoms with Crippen LogP contribution >= 0.6 is 0 Å². The first kappa shape index (κ1) is 17.2. The van der Waals surface area contributed by atoms with Gasteiger partial charge in [0, 0.05) is 12.1 Å². The summed E-state index contributed by atoms with van der Waals surface area (Å²) < 4.78 is 22.9. The van der Waals surface area contributed by atoms with Gasteiger partial charge >= 0.3 is 0 Å². The SMILES string of the molecule is NS(=O)(=O)c1ccccc1C(=O)N/N=C/c1ccc([N+](=O)[O-])cc1. The summed E-state index contributed by atoms with van der Waals surface area (Å²) in [7, 11) is -4.05. The molecule has 24 heavy (non-hydrogen) atoms. The molecule has 1 amide bonds. The minimum absolute atomic E-state index is 0.0711. The van der Waals surface area contributed by atoms with Crippen molar-refractivity contribution in [2.45, 2.75) is 4.90 Å². The zero-order valence-corrected chi connectivity index (χ0v) is 12.9.